The number of β-amino-alcohol motifs (C(OH)–C–C–N with tert-alkyl or cyclic N) is 1. The average molecular weight is 486 g/mol. The van der Waals surface area contributed by atoms with E-state index >= 15 is 0 Å². The Bertz CT molecular complexity index is 1200. The molecule has 34 heavy (non-hydrogen) atoms. The molecule has 0 aliphatic carbocycles. The molecule has 1 aromatic heterocycles. The summed E-state index contributed by atoms with van der Waals surface area (Å²) in [5.41, 5.74) is 4.54. The van der Waals surface area contributed by atoms with E-state index in [9.17, 15) is 18.3 Å². The Morgan fingerprint density at radius 2 is 1.88 bits per heavy atom. The number of carbonyl (C=O) groups is 1. The van der Waals surface area contributed by atoms with Gasteiger partial charge in [-0.2, -0.15) is 0 Å². The molecular formula is C25H31N3O5S. The highest BCUT2D eigenvalue weighted by Crippen LogP contribution is 2.42. The molecule has 0 saturated carbocycles. The largest absolute Gasteiger partial charge is 0.457 e. The van der Waals surface area contributed by atoms with E-state index in [1.54, 1.807) is 18.3 Å². The summed E-state index contributed by atoms with van der Waals surface area (Å²) >= 11 is 0. The number of fused-ring (bicyclic) bond motifs is 1. The van der Waals surface area contributed by atoms with Crippen molar-refractivity contribution in [3.05, 3.63) is 52.7 Å². The molecule has 5 rings (SSSR count). The molecule has 0 unspecified atom stereocenters. The smallest absolute Gasteiger partial charge is 0.338 e. The maximum Gasteiger partial charge on any atom is 0.338 e. The summed E-state index contributed by atoms with van der Waals surface area (Å²) in [6.07, 6.45) is 5.47. The maximum absolute atomic E-state index is 11.8. The van der Waals surface area contributed by atoms with Crippen LogP contribution in [0.15, 0.2) is 35.5 Å². The number of pyridine rings is 1. The first-order valence-electron chi connectivity index (χ1n) is 11.8. The minimum absolute atomic E-state index is 0.106. The topological polar surface area (TPSA) is 100 Å². The van der Waals surface area contributed by atoms with Gasteiger partial charge in [0.2, 0.25) is 0 Å². The quantitative estimate of drug-likeness (QED) is 0.645. The highest BCUT2D eigenvalue weighted by atomic mass is 32.2. The molecule has 2 fully saturated rings. The molecule has 8 nitrogen and oxygen atoms in total. The first-order chi connectivity index (χ1) is 16.2. The summed E-state index contributed by atoms with van der Waals surface area (Å²) in [5.74, 6) is -0.284. The van der Waals surface area contributed by atoms with E-state index < -0.39 is 15.9 Å². The van der Waals surface area contributed by atoms with E-state index in [0.29, 0.717) is 12.1 Å². The van der Waals surface area contributed by atoms with Crippen LogP contribution in [-0.2, 0) is 21.2 Å². The molecule has 0 radical (unpaired) electrons. The van der Waals surface area contributed by atoms with E-state index in [4.69, 9.17) is 4.74 Å². The van der Waals surface area contributed by atoms with Gasteiger partial charge in [0.05, 0.1) is 23.6 Å². The monoisotopic (exact) mass is 485 g/mol. The molecule has 3 aliphatic rings. The van der Waals surface area contributed by atoms with Gasteiger partial charge in [-0.1, -0.05) is 6.07 Å². The second-order valence-corrected chi connectivity index (χ2v) is 12.0. The third-order valence-electron chi connectivity index (χ3n) is 7.82. The van der Waals surface area contributed by atoms with Crippen LogP contribution in [0.5, 0.6) is 0 Å². The van der Waals surface area contributed by atoms with E-state index in [0.717, 1.165) is 67.8 Å². The van der Waals surface area contributed by atoms with Crippen LogP contribution in [-0.4, -0.2) is 68.4 Å². The number of cyclic esters (lactones) is 1. The number of ether oxygens (including phenoxy) is 1. The molecule has 2 aromatic rings. The standard InChI is InChI=1S/C25H31N3O5S/c1-17-19(4-5-20-21(17)15-33-24(20)30)22(29)14-27-10-7-25(8-11-27)9-12-28(16-25)18-3-6-23(26-13-18)34(2,31)32/h3-6,13,22,29H,7-12,14-16H2,1-2H3/t22-/m0/s1. The van der Waals surface area contributed by atoms with Crippen LogP contribution in [0.3, 0.4) is 0 Å². The van der Waals surface area contributed by atoms with Crippen LogP contribution < -0.4 is 4.90 Å². The maximum atomic E-state index is 11.8. The van der Waals surface area contributed by atoms with Gasteiger partial charge in [-0.15, -0.1) is 0 Å². The molecular weight excluding hydrogens is 454 g/mol. The second kappa shape index (κ2) is 8.62. The van der Waals surface area contributed by atoms with Crippen LogP contribution >= 0.6 is 0 Å². The van der Waals surface area contributed by atoms with Crippen molar-refractivity contribution in [2.75, 3.05) is 43.9 Å². The van der Waals surface area contributed by atoms with E-state index in [2.05, 4.69) is 14.8 Å². The van der Waals surface area contributed by atoms with Gasteiger partial charge in [0, 0.05) is 31.5 Å². The fourth-order valence-electron chi connectivity index (χ4n) is 5.62. The SMILES string of the molecule is Cc1c([C@@H](O)CN2CCC3(CC2)CCN(c2ccc(S(C)(=O)=O)nc2)C3)ccc2c1COC2=O. The number of esters is 1. The van der Waals surface area contributed by atoms with Crippen molar-refractivity contribution in [2.24, 2.45) is 5.41 Å². The molecule has 9 heteroatoms. The third-order valence-corrected chi connectivity index (χ3v) is 8.82. The zero-order valence-electron chi connectivity index (χ0n) is 19.7. The number of hydrogen-bond donors (Lipinski definition) is 1. The number of aliphatic hydroxyl groups excluding tert-OH is 1. The Balaban J connectivity index is 1.18. The second-order valence-electron chi connectivity index (χ2n) is 10.00. The van der Waals surface area contributed by atoms with Gasteiger partial charge in [-0.3, -0.25) is 0 Å². The summed E-state index contributed by atoms with van der Waals surface area (Å²) in [5, 5.41) is 11.1. The predicted octanol–water partition coefficient (Wildman–Crippen LogP) is 2.49. The Hall–Kier alpha value is -2.49. The molecule has 182 valence electrons. The minimum atomic E-state index is -3.29. The Morgan fingerprint density at radius 3 is 2.56 bits per heavy atom. The van der Waals surface area contributed by atoms with Crippen molar-refractivity contribution in [3.63, 3.8) is 0 Å². The van der Waals surface area contributed by atoms with E-state index in [-0.39, 0.29) is 23.0 Å². The van der Waals surface area contributed by atoms with Crippen LogP contribution in [0.25, 0.3) is 0 Å². The summed E-state index contributed by atoms with van der Waals surface area (Å²) in [7, 11) is -3.29. The number of carbonyl (C=O) groups excluding carboxylic acids is 1. The normalized spacial score (nSPS) is 21.0. The number of aromatic nitrogens is 1. The molecule has 1 N–H and O–H groups in total. The molecule has 2 saturated heterocycles. The Morgan fingerprint density at radius 1 is 1.15 bits per heavy atom. The van der Waals surface area contributed by atoms with Crippen molar-refractivity contribution in [2.45, 2.75) is 43.9 Å². The van der Waals surface area contributed by atoms with E-state index in [1.165, 1.54) is 6.26 Å². The lowest BCUT2D eigenvalue weighted by Crippen LogP contribution is -2.43. The van der Waals surface area contributed by atoms with Crippen LogP contribution in [0.4, 0.5) is 5.69 Å². The van der Waals surface area contributed by atoms with Crippen molar-refractivity contribution >= 4 is 21.5 Å². The highest BCUT2D eigenvalue weighted by molar-refractivity contribution is 7.90. The number of aliphatic hydroxyl groups is 1. The molecule has 0 bridgehead atoms. The van der Waals surface area contributed by atoms with Gasteiger partial charge in [-0.05, 0) is 74.0 Å². The lowest BCUT2D eigenvalue weighted by atomic mass is 9.77. The van der Waals surface area contributed by atoms with Gasteiger partial charge in [0.25, 0.3) is 0 Å². The fourth-order valence-corrected chi connectivity index (χ4v) is 6.18. The lowest BCUT2D eigenvalue weighted by molar-refractivity contribution is 0.0534. The number of sulfone groups is 1. The van der Waals surface area contributed by atoms with Gasteiger partial charge in [0.1, 0.15) is 6.61 Å². The van der Waals surface area contributed by atoms with Crippen LogP contribution in [0, 0.1) is 12.3 Å². The number of piperidine rings is 1. The van der Waals surface area contributed by atoms with E-state index in [1.807, 2.05) is 19.1 Å². The van der Waals surface area contributed by atoms with Crippen LogP contribution in [0.1, 0.15) is 52.4 Å². The number of likely N-dealkylation sites (tertiary alicyclic amines) is 1. The van der Waals surface area contributed by atoms with Gasteiger partial charge in [0.15, 0.2) is 14.9 Å². The Labute approximate surface area is 200 Å². The molecule has 1 spiro atoms. The van der Waals surface area contributed by atoms with Crippen molar-refractivity contribution < 1.29 is 23.1 Å². The minimum Gasteiger partial charge on any atom is -0.457 e. The van der Waals surface area contributed by atoms with Gasteiger partial charge < -0.3 is 19.6 Å². The van der Waals surface area contributed by atoms with Gasteiger partial charge >= 0.3 is 5.97 Å². The molecule has 1 atom stereocenters. The number of nitrogens with zero attached hydrogens (tertiary/aromatic N) is 3. The van der Waals surface area contributed by atoms with Gasteiger partial charge in [-0.25, -0.2) is 18.2 Å². The summed E-state index contributed by atoms with van der Waals surface area (Å²) < 4.78 is 28.5. The molecule has 3 aliphatic heterocycles. The number of benzene rings is 1. The molecule has 4 heterocycles. The van der Waals surface area contributed by atoms with Crippen LogP contribution in [0.2, 0.25) is 0 Å². The van der Waals surface area contributed by atoms with Crippen molar-refractivity contribution in [3.8, 4) is 0 Å². The lowest BCUT2D eigenvalue weighted by Gasteiger charge is -2.40. The highest BCUT2D eigenvalue weighted by Gasteiger charge is 2.41. The first kappa shape index (κ1) is 23.3. The fraction of sp³-hybridized carbons (Fsp3) is 0.520. The zero-order valence-corrected chi connectivity index (χ0v) is 20.5. The molecule has 0 amide bonds. The number of rotatable bonds is 5. The Kier molecular flexibility index (Phi) is 5.90. The van der Waals surface area contributed by atoms with Crippen molar-refractivity contribution in [1.82, 2.24) is 9.88 Å². The number of anilines is 1. The third kappa shape index (κ3) is 4.32. The predicted molar refractivity (Wildman–Crippen MR) is 128 cm³/mol. The average Bonchev–Trinajstić information content (AvgIpc) is 3.40. The number of hydrogen-bond acceptors (Lipinski definition) is 8. The zero-order chi connectivity index (χ0) is 24.1. The summed E-state index contributed by atoms with van der Waals surface area (Å²) in [4.78, 5) is 20.6. The summed E-state index contributed by atoms with van der Waals surface area (Å²) in [6.45, 7) is 6.57. The first-order valence-corrected chi connectivity index (χ1v) is 13.7. The molecule has 1 aromatic carbocycles. The van der Waals surface area contributed by atoms with Crippen molar-refractivity contribution in [1.29, 1.82) is 0 Å². The summed E-state index contributed by atoms with van der Waals surface area (Å²) in [6, 6.07) is 7.06.